The lowest BCUT2D eigenvalue weighted by Gasteiger charge is -2.29. The maximum Gasteiger partial charge on any atom is 0.273 e. The van der Waals surface area contributed by atoms with Crippen LogP contribution in [-0.2, 0) is 0 Å². The number of carbonyl (C=O) groups excluding carboxylic acids is 1. The first-order valence-electron chi connectivity index (χ1n) is 7.13. The zero-order valence-corrected chi connectivity index (χ0v) is 12.8. The van der Waals surface area contributed by atoms with Gasteiger partial charge < -0.3 is 16.2 Å². The quantitative estimate of drug-likeness (QED) is 0.610. The number of carbonyl (C=O) groups is 1. The number of aromatic nitrogens is 2. The molecular formula is C14H26N4O2. The number of nitrogens with zero attached hydrogens (tertiary/aromatic N) is 1. The van der Waals surface area contributed by atoms with Gasteiger partial charge in [0, 0.05) is 12.0 Å². The molecule has 5 N–H and O–H groups in total. The SMILES string of the molecule is CCC(CC)(CO)CNC(=O)c1n[nH]c(C(C)C)c1N. The first kappa shape index (κ1) is 16.5. The molecule has 6 nitrogen and oxygen atoms in total. The van der Waals surface area contributed by atoms with Gasteiger partial charge in [0.2, 0.25) is 0 Å². The van der Waals surface area contributed by atoms with Crippen molar-refractivity contribution in [2.45, 2.75) is 46.5 Å². The smallest absolute Gasteiger partial charge is 0.273 e. The van der Waals surface area contributed by atoms with Gasteiger partial charge in [-0.2, -0.15) is 5.10 Å². The molecule has 1 rings (SSSR count). The van der Waals surface area contributed by atoms with Crippen molar-refractivity contribution in [3.8, 4) is 0 Å². The molecule has 0 fully saturated rings. The first-order valence-corrected chi connectivity index (χ1v) is 7.13. The van der Waals surface area contributed by atoms with Crippen LogP contribution in [0.4, 0.5) is 5.69 Å². The maximum atomic E-state index is 12.1. The molecule has 20 heavy (non-hydrogen) atoms. The molecule has 1 heterocycles. The maximum absolute atomic E-state index is 12.1. The van der Waals surface area contributed by atoms with E-state index in [2.05, 4.69) is 15.5 Å². The molecule has 0 aromatic carbocycles. The summed E-state index contributed by atoms with van der Waals surface area (Å²) in [5, 5.41) is 19.1. The Labute approximate surface area is 120 Å². The summed E-state index contributed by atoms with van der Waals surface area (Å²) in [7, 11) is 0. The summed E-state index contributed by atoms with van der Waals surface area (Å²) >= 11 is 0. The van der Waals surface area contributed by atoms with Crippen molar-refractivity contribution in [2.75, 3.05) is 18.9 Å². The van der Waals surface area contributed by atoms with E-state index in [1.54, 1.807) is 0 Å². The predicted molar refractivity (Wildman–Crippen MR) is 79.5 cm³/mol. The van der Waals surface area contributed by atoms with E-state index in [1.165, 1.54) is 0 Å². The molecule has 1 aromatic rings. The van der Waals surface area contributed by atoms with E-state index < -0.39 is 0 Å². The van der Waals surface area contributed by atoms with E-state index in [1.807, 2.05) is 27.7 Å². The Hall–Kier alpha value is -1.56. The lowest BCUT2D eigenvalue weighted by Crippen LogP contribution is -2.39. The molecule has 6 heteroatoms. The number of nitrogens with one attached hydrogen (secondary N) is 2. The molecule has 114 valence electrons. The van der Waals surface area contributed by atoms with Crippen molar-refractivity contribution in [3.05, 3.63) is 11.4 Å². The number of anilines is 1. The molecular weight excluding hydrogens is 256 g/mol. The lowest BCUT2D eigenvalue weighted by atomic mass is 9.83. The standard InChI is InChI=1S/C14H26N4O2/c1-5-14(6-2,8-19)7-16-13(20)12-10(15)11(9(3)4)17-18-12/h9,19H,5-8,15H2,1-4H3,(H,16,20)(H,17,18). The Morgan fingerprint density at radius 1 is 1.45 bits per heavy atom. The van der Waals surface area contributed by atoms with E-state index in [0.717, 1.165) is 18.5 Å². The number of nitrogen functional groups attached to an aromatic ring is 1. The van der Waals surface area contributed by atoms with Crippen molar-refractivity contribution in [2.24, 2.45) is 5.41 Å². The minimum Gasteiger partial charge on any atom is -0.396 e. The van der Waals surface area contributed by atoms with E-state index in [0.29, 0.717) is 12.2 Å². The highest BCUT2D eigenvalue weighted by atomic mass is 16.3. The van der Waals surface area contributed by atoms with E-state index in [-0.39, 0.29) is 29.5 Å². The molecule has 0 spiro atoms. The number of hydrogen-bond donors (Lipinski definition) is 4. The summed E-state index contributed by atoms with van der Waals surface area (Å²) in [6, 6.07) is 0. The molecule has 0 aliphatic carbocycles. The van der Waals surface area contributed by atoms with Crippen molar-refractivity contribution in [1.29, 1.82) is 0 Å². The molecule has 0 aliphatic heterocycles. The van der Waals surface area contributed by atoms with Crippen LogP contribution in [0.2, 0.25) is 0 Å². The van der Waals surface area contributed by atoms with Crippen molar-refractivity contribution in [1.82, 2.24) is 15.5 Å². The van der Waals surface area contributed by atoms with Crippen LogP contribution in [-0.4, -0.2) is 34.4 Å². The fraction of sp³-hybridized carbons (Fsp3) is 0.714. The van der Waals surface area contributed by atoms with E-state index in [9.17, 15) is 9.90 Å². The Bertz CT molecular complexity index is 442. The van der Waals surface area contributed by atoms with Gasteiger partial charge in [-0.3, -0.25) is 9.89 Å². The van der Waals surface area contributed by atoms with Gasteiger partial charge in [0.15, 0.2) is 5.69 Å². The summed E-state index contributed by atoms with van der Waals surface area (Å²) < 4.78 is 0. The molecule has 0 unspecified atom stereocenters. The molecule has 1 aromatic heterocycles. The molecule has 1 amide bonds. The molecule has 0 bridgehead atoms. The highest BCUT2D eigenvalue weighted by molar-refractivity contribution is 5.97. The van der Waals surface area contributed by atoms with Gasteiger partial charge in [-0.15, -0.1) is 0 Å². The molecule has 0 saturated heterocycles. The van der Waals surface area contributed by atoms with Crippen LogP contribution < -0.4 is 11.1 Å². The Balaban J connectivity index is 2.77. The predicted octanol–water partition coefficient (Wildman–Crippen LogP) is 1.64. The van der Waals surface area contributed by atoms with Crippen LogP contribution in [0.5, 0.6) is 0 Å². The molecule has 0 radical (unpaired) electrons. The van der Waals surface area contributed by atoms with Crippen LogP contribution in [0.3, 0.4) is 0 Å². The van der Waals surface area contributed by atoms with Crippen LogP contribution in [0.1, 0.15) is 62.6 Å². The number of amides is 1. The molecule has 0 aliphatic rings. The summed E-state index contributed by atoms with van der Waals surface area (Å²) in [5.74, 6) is -0.114. The average molecular weight is 282 g/mol. The number of aliphatic hydroxyl groups excluding tert-OH is 1. The Kier molecular flexibility index (Phi) is 5.56. The summed E-state index contributed by atoms with van der Waals surface area (Å²) in [5.41, 5.74) is 7.07. The third-order valence-corrected chi connectivity index (χ3v) is 4.09. The number of H-pyrrole nitrogens is 1. The Morgan fingerprint density at radius 3 is 2.45 bits per heavy atom. The second-order valence-electron chi connectivity index (χ2n) is 5.60. The third-order valence-electron chi connectivity index (χ3n) is 4.09. The van der Waals surface area contributed by atoms with E-state index in [4.69, 9.17) is 5.73 Å². The van der Waals surface area contributed by atoms with Crippen molar-refractivity contribution < 1.29 is 9.90 Å². The van der Waals surface area contributed by atoms with Crippen LogP contribution in [0.25, 0.3) is 0 Å². The number of aromatic amines is 1. The number of nitrogens with two attached hydrogens (primary N) is 1. The second-order valence-corrected chi connectivity index (χ2v) is 5.60. The second kappa shape index (κ2) is 6.74. The summed E-state index contributed by atoms with van der Waals surface area (Å²) in [6.45, 7) is 8.44. The summed E-state index contributed by atoms with van der Waals surface area (Å²) in [6.07, 6.45) is 1.60. The number of hydrogen-bond acceptors (Lipinski definition) is 4. The minimum absolute atomic E-state index is 0.0492. The van der Waals surface area contributed by atoms with Crippen LogP contribution in [0, 0.1) is 5.41 Å². The topological polar surface area (TPSA) is 104 Å². The fourth-order valence-corrected chi connectivity index (χ4v) is 2.11. The van der Waals surface area contributed by atoms with E-state index >= 15 is 0 Å². The van der Waals surface area contributed by atoms with Crippen LogP contribution >= 0.6 is 0 Å². The number of aliphatic hydroxyl groups is 1. The Morgan fingerprint density at radius 2 is 2.05 bits per heavy atom. The van der Waals surface area contributed by atoms with Crippen molar-refractivity contribution >= 4 is 11.6 Å². The zero-order valence-electron chi connectivity index (χ0n) is 12.8. The largest absolute Gasteiger partial charge is 0.396 e. The van der Waals surface area contributed by atoms with Gasteiger partial charge in [-0.05, 0) is 18.8 Å². The molecule has 0 atom stereocenters. The summed E-state index contributed by atoms with van der Waals surface area (Å²) in [4.78, 5) is 12.1. The van der Waals surface area contributed by atoms with Gasteiger partial charge in [0.05, 0.1) is 18.0 Å². The zero-order chi connectivity index (χ0) is 15.3. The fourth-order valence-electron chi connectivity index (χ4n) is 2.11. The number of rotatable bonds is 7. The lowest BCUT2D eigenvalue weighted by molar-refractivity contribution is 0.0847. The van der Waals surface area contributed by atoms with Gasteiger partial charge in [0.1, 0.15) is 0 Å². The van der Waals surface area contributed by atoms with Gasteiger partial charge in [-0.25, -0.2) is 0 Å². The van der Waals surface area contributed by atoms with Gasteiger partial charge in [0.25, 0.3) is 5.91 Å². The highest BCUT2D eigenvalue weighted by Crippen LogP contribution is 2.25. The van der Waals surface area contributed by atoms with Crippen molar-refractivity contribution in [3.63, 3.8) is 0 Å². The third kappa shape index (κ3) is 3.30. The van der Waals surface area contributed by atoms with Crippen LogP contribution in [0.15, 0.2) is 0 Å². The minimum atomic E-state index is -0.301. The molecule has 0 saturated carbocycles. The highest BCUT2D eigenvalue weighted by Gasteiger charge is 2.27. The normalized spacial score (nSPS) is 11.9. The average Bonchev–Trinajstić information content (AvgIpc) is 2.82. The first-order chi connectivity index (χ1) is 9.40. The van der Waals surface area contributed by atoms with Gasteiger partial charge >= 0.3 is 0 Å². The van der Waals surface area contributed by atoms with Gasteiger partial charge in [-0.1, -0.05) is 27.7 Å². The monoisotopic (exact) mass is 282 g/mol.